The number of H-pyrrole nitrogens is 1. The Bertz CT molecular complexity index is 770. The summed E-state index contributed by atoms with van der Waals surface area (Å²) < 4.78 is 4.90. The molecular weight excluding hydrogens is 294 g/mol. The maximum absolute atomic E-state index is 12.6. The normalized spacial score (nSPS) is 20.8. The van der Waals surface area contributed by atoms with Crippen LogP contribution in [0.2, 0.25) is 0 Å². The summed E-state index contributed by atoms with van der Waals surface area (Å²) in [5.41, 5.74) is 1.66. The van der Waals surface area contributed by atoms with Gasteiger partial charge in [-0.05, 0) is 11.6 Å². The summed E-state index contributed by atoms with van der Waals surface area (Å²) in [6, 6.07) is 11.8. The van der Waals surface area contributed by atoms with Crippen molar-refractivity contribution < 1.29 is 9.32 Å². The third-order valence-electron chi connectivity index (χ3n) is 4.28. The van der Waals surface area contributed by atoms with Crippen LogP contribution in [0.3, 0.4) is 0 Å². The van der Waals surface area contributed by atoms with Crippen molar-refractivity contribution in [2.24, 2.45) is 0 Å². The predicted molar refractivity (Wildman–Crippen MR) is 80.7 cm³/mol. The second-order valence-electron chi connectivity index (χ2n) is 5.59. The van der Waals surface area contributed by atoms with Crippen LogP contribution < -0.4 is 0 Å². The van der Waals surface area contributed by atoms with Crippen LogP contribution in [-0.2, 0) is 0 Å². The molecule has 1 saturated heterocycles. The lowest BCUT2D eigenvalue weighted by Crippen LogP contribution is -2.29. The van der Waals surface area contributed by atoms with E-state index < -0.39 is 0 Å². The van der Waals surface area contributed by atoms with Gasteiger partial charge in [0.1, 0.15) is 5.69 Å². The lowest BCUT2D eigenvalue weighted by molar-refractivity contribution is 0.0783. The van der Waals surface area contributed by atoms with Crippen molar-refractivity contribution in [1.29, 1.82) is 0 Å². The number of carbonyl (C=O) groups is 1. The average Bonchev–Trinajstić information content (AvgIpc) is 3.35. The Morgan fingerprint density at radius 2 is 2.00 bits per heavy atom. The van der Waals surface area contributed by atoms with Gasteiger partial charge in [-0.25, -0.2) is 0 Å². The highest BCUT2D eigenvalue weighted by molar-refractivity contribution is 5.92. The minimum Gasteiger partial charge on any atom is -0.343 e. The molecule has 0 unspecified atom stereocenters. The number of rotatable bonds is 3. The maximum atomic E-state index is 12.6. The zero-order valence-electron chi connectivity index (χ0n) is 12.3. The number of hydrogen-bond acceptors (Lipinski definition) is 5. The summed E-state index contributed by atoms with van der Waals surface area (Å²) in [5.74, 6) is 0.733. The van der Waals surface area contributed by atoms with E-state index in [1.54, 1.807) is 12.3 Å². The Labute approximate surface area is 132 Å². The highest BCUT2D eigenvalue weighted by Crippen LogP contribution is 2.38. The van der Waals surface area contributed by atoms with Gasteiger partial charge < -0.3 is 9.42 Å². The van der Waals surface area contributed by atoms with Crippen LogP contribution in [0.4, 0.5) is 0 Å². The van der Waals surface area contributed by atoms with E-state index in [1.165, 1.54) is 12.0 Å². The fraction of sp³-hybridized carbons (Fsp3) is 0.250. The van der Waals surface area contributed by atoms with E-state index in [2.05, 4.69) is 32.5 Å². The average molecular weight is 309 g/mol. The van der Waals surface area contributed by atoms with Crippen molar-refractivity contribution in [3.63, 3.8) is 0 Å². The van der Waals surface area contributed by atoms with Gasteiger partial charge in [0.25, 0.3) is 5.91 Å². The molecule has 3 heterocycles. The van der Waals surface area contributed by atoms with Gasteiger partial charge in [-0.2, -0.15) is 10.1 Å². The molecule has 1 amide bonds. The van der Waals surface area contributed by atoms with Crippen LogP contribution in [0, 0.1) is 0 Å². The molecule has 0 aliphatic carbocycles. The number of carbonyl (C=O) groups excluding carboxylic acids is 1. The van der Waals surface area contributed by atoms with E-state index >= 15 is 0 Å². The Balaban J connectivity index is 1.65. The zero-order valence-corrected chi connectivity index (χ0v) is 12.3. The highest BCUT2D eigenvalue weighted by Gasteiger charge is 2.39. The van der Waals surface area contributed by atoms with Crippen molar-refractivity contribution >= 4 is 5.91 Å². The third kappa shape index (κ3) is 2.50. The van der Waals surface area contributed by atoms with Gasteiger partial charge >= 0.3 is 0 Å². The molecule has 1 fully saturated rings. The van der Waals surface area contributed by atoms with Crippen LogP contribution in [0.25, 0.3) is 0 Å². The van der Waals surface area contributed by atoms with Crippen molar-refractivity contribution in [3.8, 4) is 0 Å². The summed E-state index contributed by atoms with van der Waals surface area (Å²) in [6.07, 6.45) is 2.91. The summed E-state index contributed by atoms with van der Waals surface area (Å²) in [7, 11) is 0. The summed E-state index contributed by atoms with van der Waals surface area (Å²) in [4.78, 5) is 18.6. The van der Waals surface area contributed by atoms with Crippen LogP contribution in [0.1, 0.15) is 33.7 Å². The largest absolute Gasteiger partial charge is 0.343 e. The van der Waals surface area contributed by atoms with Gasteiger partial charge in [0.05, 0.1) is 0 Å². The van der Waals surface area contributed by atoms with Gasteiger partial charge in [0.2, 0.25) is 6.39 Å². The van der Waals surface area contributed by atoms with Gasteiger partial charge in [-0.1, -0.05) is 35.5 Å². The standard InChI is InChI=1S/C16H15N5O2/c22-16(14-6-7-18-19-14)21-8-12(11-4-2-1-3-5-11)13(9-21)15-17-10-23-20-15/h1-7,10,12-13H,8-9H2,(H,18,19)/t12-,13-/m1/s1. The van der Waals surface area contributed by atoms with Crippen LogP contribution in [0.15, 0.2) is 53.5 Å². The number of aromatic amines is 1. The Morgan fingerprint density at radius 1 is 1.17 bits per heavy atom. The van der Waals surface area contributed by atoms with E-state index in [4.69, 9.17) is 4.52 Å². The first kappa shape index (κ1) is 13.7. The molecule has 1 aliphatic rings. The fourth-order valence-electron chi connectivity index (χ4n) is 3.16. The lowest BCUT2D eigenvalue weighted by Gasteiger charge is -2.15. The van der Waals surface area contributed by atoms with E-state index in [1.807, 2.05) is 23.1 Å². The maximum Gasteiger partial charge on any atom is 0.271 e. The fourth-order valence-corrected chi connectivity index (χ4v) is 3.16. The molecule has 0 saturated carbocycles. The van der Waals surface area contributed by atoms with E-state index in [-0.39, 0.29) is 17.7 Å². The molecule has 1 aliphatic heterocycles. The molecule has 116 valence electrons. The van der Waals surface area contributed by atoms with Gasteiger partial charge in [-0.15, -0.1) is 0 Å². The first-order valence-corrected chi connectivity index (χ1v) is 7.43. The zero-order chi connectivity index (χ0) is 15.6. The highest BCUT2D eigenvalue weighted by atomic mass is 16.5. The molecule has 0 spiro atoms. The Kier molecular flexibility index (Phi) is 3.38. The summed E-state index contributed by atoms with van der Waals surface area (Å²) >= 11 is 0. The number of amides is 1. The molecule has 2 atom stereocenters. The van der Waals surface area contributed by atoms with Crippen molar-refractivity contribution in [1.82, 2.24) is 25.2 Å². The number of nitrogens with zero attached hydrogens (tertiary/aromatic N) is 4. The molecule has 2 aromatic heterocycles. The second kappa shape index (κ2) is 5.68. The Morgan fingerprint density at radius 3 is 2.70 bits per heavy atom. The van der Waals surface area contributed by atoms with Crippen molar-refractivity contribution in [3.05, 3.63) is 66.1 Å². The van der Waals surface area contributed by atoms with E-state index in [9.17, 15) is 4.79 Å². The summed E-state index contributed by atoms with van der Waals surface area (Å²) in [5, 5.41) is 10.6. The quantitative estimate of drug-likeness (QED) is 0.797. The molecular formula is C16H15N5O2. The van der Waals surface area contributed by atoms with E-state index in [0.717, 1.165) is 0 Å². The number of aromatic nitrogens is 4. The van der Waals surface area contributed by atoms with E-state index in [0.29, 0.717) is 24.6 Å². The molecule has 23 heavy (non-hydrogen) atoms. The Hall–Kier alpha value is -2.96. The first-order valence-electron chi connectivity index (χ1n) is 7.43. The van der Waals surface area contributed by atoms with Crippen LogP contribution >= 0.6 is 0 Å². The minimum absolute atomic E-state index is 0.0167. The number of likely N-dealkylation sites (tertiary alicyclic amines) is 1. The molecule has 3 aromatic rings. The number of hydrogen-bond donors (Lipinski definition) is 1. The van der Waals surface area contributed by atoms with Crippen molar-refractivity contribution in [2.45, 2.75) is 11.8 Å². The molecule has 1 N–H and O–H groups in total. The first-order chi connectivity index (χ1) is 11.3. The third-order valence-corrected chi connectivity index (χ3v) is 4.28. The van der Waals surface area contributed by atoms with Gasteiger partial charge in [-0.3, -0.25) is 9.89 Å². The van der Waals surface area contributed by atoms with Crippen molar-refractivity contribution in [2.75, 3.05) is 13.1 Å². The lowest BCUT2D eigenvalue weighted by atomic mass is 9.88. The molecule has 1 aromatic carbocycles. The minimum atomic E-state index is -0.0607. The number of nitrogens with one attached hydrogen (secondary N) is 1. The SMILES string of the molecule is O=C(c1ccn[nH]1)N1C[C@H](c2ccccc2)[C@H](c2ncon2)C1. The second-order valence-corrected chi connectivity index (χ2v) is 5.59. The molecule has 4 rings (SSSR count). The monoisotopic (exact) mass is 309 g/mol. The smallest absolute Gasteiger partial charge is 0.271 e. The molecule has 0 radical (unpaired) electrons. The van der Waals surface area contributed by atoms with Gasteiger partial charge in [0.15, 0.2) is 5.82 Å². The van der Waals surface area contributed by atoms with Gasteiger partial charge in [0, 0.05) is 31.1 Å². The summed E-state index contributed by atoms with van der Waals surface area (Å²) in [6.45, 7) is 1.16. The molecule has 7 nitrogen and oxygen atoms in total. The predicted octanol–water partition coefficient (Wildman–Crippen LogP) is 1.82. The van der Waals surface area contributed by atoms with Crippen LogP contribution in [-0.4, -0.2) is 44.2 Å². The van der Waals surface area contributed by atoms with Crippen LogP contribution in [0.5, 0.6) is 0 Å². The number of benzene rings is 1. The molecule has 0 bridgehead atoms. The molecule has 7 heteroatoms. The topological polar surface area (TPSA) is 87.9 Å².